The topological polar surface area (TPSA) is 15.3 Å². The summed E-state index contributed by atoms with van der Waals surface area (Å²) in [4.78, 5) is 2.25. The lowest BCUT2D eigenvalue weighted by Crippen LogP contribution is -2.32. The molecule has 1 heterocycles. The molecule has 0 radical (unpaired) electrons. The molecule has 1 unspecified atom stereocenters. The second-order valence-electron chi connectivity index (χ2n) is 3.64. The van der Waals surface area contributed by atoms with E-state index in [1.54, 1.807) is 0 Å². The van der Waals surface area contributed by atoms with Crippen LogP contribution in [0.25, 0.3) is 0 Å². The van der Waals surface area contributed by atoms with Gasteiger partial charge < -0.3 is 10.2 Å². The molecular formula is C9H20N2S. The van der Waals surface area contributed by atoms with Crippen molar-refractivity contribution in [2.45, 2.75) is 18.1 Å². The highest BCUT2D eigenvalue weighted by atomic mass is 32.2. The first kappa shape index (κ1) is 10.4. The molecule has 0 bridgehead atoms. The zero-order chi connectivity index (χ0) is 8.81. The van der Waals surface area contributed by atoms with E-state index in [2.05, 4.69) is 36.1 Å². The van der Waals surface area contributed by atoms with Crippen LogP contribution in [0.4, 0.5) is 0 Å². The third-order valence-corrected chi connectivity index (χ3v) is 3.44. The first-order chi connectivity index (χ1) is 5.79. The van der Waals surface area contributed by atoms with E-state index in [0.29, 0.717) is 0 Å². The van der Waals surface area contributed by atoms with Crippen LogP contribution in [-0.2, 0) is 0 Å². The highest BCUT2D eigenvalue weighted by molar-refractivity contribution is 7.99. The van der Waals surface area contributed by atoms with Gasteiger partial charge >= 0.3 is 0 Å². The van der Waals surface area contributed by atoms with E-state index in [9.17, 15) is 0 Å². The van der Waals surface area contributed by atoms with Gasteiger partial charge in [-0.15, -0.1) is 0 Å². The number of hydrogen-bond acceptors (Lipinski definition) is 3. The Morgan fingerprint density at radius 2 is 2.33 bits per heavy atom. The highest BCUT2D eigenvalue weighted by Crippen LogP contribution is 2.17. The summed E-state index contributed by atoms with van der Waals surface area (Å²) in [5.41, 5.74) is 0. The van der Waals surface area contributed by atoms with Gasteiger partial charge in [0.05, 0.1) is 0 Å². The molecule has 0 aromatic rings. The normalized spacial score (nSPS) is 24.8. The Balaban J connectivity index is 1.98. The Hall–Kier alpha value is 0.270. The van der Waals surface area contributed by atoms with Crippen LogP contribution >= 0.6 is 11.8 Å². The van der Waals surface area contributed by atoms with Crippen LogP contribution in [0.15, 0.2) is 0 Å². The summed E-state index contributed by atoms with van der Waals surface area (Å²) in [6, 6.07) is 0. The van der Waals surface area contributed by atoms with Crippen LogP contribution < -0.4 is 5.32 Å². The second-order valence-corrected chi connectivity index (χ2v) is 5.05. The van der Waals surface area contributed by atoms with Crippen molar-refractivity contribution in [3.63, 3.8) is 0 Å². The molecule has 12 heavy (non-hydrogen) atoms. The number of hydrogen-bond donors (Lipinski definition) is 1. The number of thioether (sulfide) groups is 1. The number of rotatable bonds is 4. The second kappa shape index (κ2) is 5.84. The lowest BCUT2D eigenvalue weighted by Gasteiger charge is -2.22. The van der Waals surface area contributed by atoms with Crippen molar-refractivity contribution in [2.75, 3.05) is 39.5 Å². The molecule has 1 fully saturated rings. The van der Waals surface area contributed by atoms with Gasteiger partial charge in [-0.05, 0) is 33.5 Å². The van der Waals surface area contributed by atoms with Gasteiger partial charge in [-0.25, -0.2) is 0 Å². The molecule has 0 aromatic heterocycles. The van der Waals surface area contributed by atoms with E-state index < -0.39 is 0 Å². The molecule has 1 rings (SSSR count). The summed E-state index contributed by atoms with van der Waals surface area (Å²) in [5, 5.41) is 4.31. The monoisotopic (exact) mass is 188 g/mol. The molecule has 0 aliphatic carbocycles. The van der Waals surface area contributed by atoms with E-state index in [1.807, 2.05) is 0 Å². The standard InChI is InChI=1S/C9H20N2S/c1-11(2)6-7-12-9-4-3-5-10-8-9/h9-10H,3-8H2,1-2H3. The van der Waals surface area contributed by atoms with Crippen molar-refractivity contribution in [3.8, 4) is 0 Å². The SMILES string of the molecule is CN(C)CCSC1CCCNC1. The van der Waals surface area contributed by atoms with Crippen LogP contribution in [0.5, 0.6) is 0 Å². The summed E-state index contributed by atoms with van der Waals surface area (Å²) in [6.45, 7) is 3.66. The summed E-state index contributed by atoms with van der Waals surface area (Å²) in [6.07, 6.45) is 2.77. The zero-order valence-corrected chi connectivity index (χ0v) is 8.99. The van der Waals surface area contributed by atoms with Crippen LogP contribution in [-0.4, -0.2) is 49.6 Å². The van der Waals surface area contributed by atoms with Crippen molar-refractivity contribution < 1.29 is 0 Å². The molecule has 72 valence electrons. The minimum Gasteiger partial charge on any atom is -0.316 e. The molecule has 1 aliphatic rings. The van der Waals surface area contributed by atoms with Gasteiger partial charge in [-0.1, -0.05) is 0 Å². The Morgan fingerprint density at radius 1 is 1.50 bits per heavy atom. The van der Waals surface area contributed by atoms with Crippen LogP contribution in [0.1, 0.15) is 12.8 Å². The lowest BCUT2D eigenvalue weighted by atomic mass is 10.2. The van der Waals surface area contributed by atoms with E-state index in [4.69, 9.17) is 0 Å². The van der Waals surface area contributed by atoms with Gasteiger partial charge in [-0.3, -0.25) is 0 Å². The molecule has 1 aliphatic heterocycles. The number of piperidine rings is 1. The Morgan fingerprint density at radius 3 is 2.92 bits per heavy atom. The van der Waals surface area contributed by atoms with Gasteiger partial charge in [0.15, 0.2) is 0 Å². The van der Waals surface area contributed by atoms with Crippen molar-refractivity contribution in [3.05, 3.63) is 0 Å². The maximum atomic E-state index is 3.44. The Kier molecular flexibility index (Phi) is 5.04. The maximum absolute atomic E-state index is 3.44. The molecule has 2 nitrogen and oxygen atoms in total. The van der Waals surface area contributed by atoms with E-state index in [1.165, 1.54) is 38.2 Å². The molecule has 0 spiro atoms. The van der Waals surface area contributed by atoms with Crippen LogP contribution in [0.3, 0.4) is 0 Å². The number of nitrogens with zero attached hydrogens (tertiary/aromatic N) is 1. The molecule has 0 amide bonds. The maximum Gasteiger partial charge on any atom is 0.0173 e. The minimum absolute atomic E-state index is 0.874. The first-order valence-electron chi connectivity index (χ1n) is 4.76. The minimum atomic E-state index is 0.874. The van der Waals surface area contributed by atoms with Crippen molar-refractivity contribution in [1.29, 1.82) is 0 Å². The van der Waals surface area contributed by atoms with E-state index >= 15 is 0 Å². The third-order valence-electron chi connectivity index (χ3n) is 2.14. The van der Waals surface area contributed by atoms with Gasteiger partial charge in [0.1, 0.15) is 0 Å². The lowest BCUT2D eigenvalue weighted by molar-refractivity contribution is 0.436. The zero-order valence-electron chi connectivity index (χ0n) is 8.18. The molecular weight excluding hydrogens is 168 g/mol. The molecule has 3 heteroatoms. The fourth-order valence-corrected chi connectivity index (χ4v) is 2.74. The quantitative estimate of drug-likeness (QED) is 0.709. The number of nitrogens with one attached hydrogen (secondary N) is 1. The van der Waals surface area contributed by atoms with Gasteiger partial charge in [0.25, 0.3) is 0 Å². The van der Waals surface area contributed by atoms with Gasteiger partial charge in [0.2, 0.25) is 0 Å². The molecule has 1 saturated heterocycles. The molecule has 0 saturated carbocycles. The predicted molar refractivity (Wildman–Crippen MR) is 56.9 cm³/mol. The van der Waals surface area contributed by atoms with E-state index in [0.717, 1.165) is 5.25 Å². The smallest absolute Gasteiger partial charge is 0.0173 e. The van der Waals surface area contributed by atoms with Gasteiger partial charge in [0, 0.05) is 24.1 Å². The third kappa shape index (κ3) is 4.33. The van der Waals surface area contributed by atoms with E-state index in [-0.39, 0.29) is 0 Å². The molecule has 1 N–H and O–H groups in total. The van der Waals surface area contributed by atoms with Crippen molar-refractivity contribution in [1.82, 2.24) is 10.2 Å². The average Bonchev–Trinajstić information content (AvgIpc) is 2.05. The van der Waals surface area contributed by atoms with Crippen molar-refractivity contribution in [2.24, 2.45) is 0 Å². The fraction of sp³-hybridized carbons (Fsp3) is 1.00. The van der Waals surface area contributed by atoms with Crippen LogP contribution in [0, 0.1) is 0 Å². The summed E-state index contributed by atoms with van der Waals surface area (Å²) in [5.74, 6) is 1.28. The highest BCUT2D eigenvalue weighted by Gasteiger charge is 2.12. The fourth-order valence-electron chi connectivity index (χ4n) is 1.36. The summed E-state index contributed by atoms with van der Waals surface area (Å²) < 4.78 is 0. The summed E-state index contributed by atoms with van der Waals surface area (Å²) >= 11 is 2.12. The van der Waals surface area contributed by atoms with Crippen molar-refractivity contribution >= 4 is 11.8 Å². The molecule has 1 atom stereocenters. The Labute approximate surface area is 80.1 Å². The predicted octanol–water partition coefficient (Wildman–Crippen LogP) is 1.03. The average molecular weight is 188 g/mol. The summed E-state index contributed by atoms with van der Waals surface area (Å²) in [7, 11) is 4.28. The molecule has 0 aromatic carbocycles. The Bertz CT molecular complexity index is 111. The van der Waals surface area contributed by atoms with Gasteiger partial charge in [-0.2, -0.15) is 11.8 Å². The van der Waals surface area contributed by atoms with Crippen LogP contribution in [0.2, 0.25) is 0 Å². The first-order valence-corrected chi connectivity index (χ1v) is 5.81. The largest absolute Gasteiger partial charge is 0.316 e.